The van der Waals surface area contributed by atoms with Crippen LogP contribution in [0, 0.1) is 13.8 Å². The second-order valence-electron chi connectivity index (χ2n) is 4.94. The summed E-state index contributed by atoms with van der Waals surface area (Å²) in [7, 11) is 4.32. The lowest BCUT2D eigenvalue weighted by atomic mass is 10.1. The Morgan fingerprint density at radius 1 is 1.28 bits per heavy atom. The SMILES string of the molecule is Cc1cccc(NC(=S)NCCC[NH+](C)C)c1C. The van der Waals surface area contributed by atoms with Crippen LogP contribution in [-0.4, -0.2) is 32.3 Å². The fraction of sp³-hybridized carbons (Fsp3) is 0.500. The third-order valence-corrected chi connectivity index (χ3v) is 3.24. The van der Waals surface area contributed by atoms with Gasteiger partial charge in [0.25, 0.3) is 0 Å². The van der Waals surface area contributed by atoms with E-state index in [0.29, 0.717) is 5.11 Å². The molecule has 1 aromatic rings. The van der Waals surface area contributed by atoms with Crippen LogP contribution in [0.25, 0.3) is 0 Å². The van der Waals surface area contributed by atoms with Gasteiger partial charge in [-0.05, 0) is 43.3 Å². The Morgan fingerprint density at radius 2 is 2.00 bits per heavy atom. The highest BCUT2D eigenvalue weighted by atomic mass is 32.1. The summed E-state index contributed by atoms with van der Waals surface area (Å²) < 4.78 is 0. The van der Waals surface area contributed by atoms with Crippen LogP contribution in [-0.2, 0) is 0 Å². The van der Waals surface area contributed by atoms with Gasteiger partial charge < -0.3 is 15.5 Å². The third-order valence-electron chi connectivity index (χ3n) is 2.99. The van der Waals surface area contributed by atoms with E-state index in [9.17, 15) is 0 Å². The summed E-state index contributed by atoms with van der Waals surface area (Å²) in [6, 6.07) is 6.21. The highest BCUT2D eigenvalue weighted by Gasteiger charge is 2.02. The summed E-state index contributed by atoms with van der Waals surface area (Å²) in [5.74, 6) is 0. The molecule has 0 spiro atoms. The van der Waals surface area contributed by atoms with E-state index >= 15 is 0 Å². The minimum absolute atomic E-state index is 0.706. The number of thiocarbonyl (C=S) groups is 1. The minimum atomic E-state index is 0.706. The van der Waals surface area contributed by atoms with Gasteiger partial charge in [-0.3, -0.25) is 0 Å². The maximum Gasteiger partial charge on any atom is 0.170 e. The number of nitrogens with one attached hydrogen (secondary N) is 3. The molecule has 0 saturated heterocycles. The molecule has 0 aliphatic carbocycles. The summed E-state index contributed by atoms with van der Waals surface area (Å²) >= 11 is 5.29. The Labute approximate surface area is 116 Å². The Balaban J connectivity index is 2.38. The van der Waals surface area contributed by atoms with Crippen molar-refractivity contribution in [2.45, 2.75) is 20.3 Å². The molecule has 0 heterocycles. The highest BCUT2D eigenvalue weighted by molar-refractivity contribution is 7.80. The van der Waals surface area contributed by atoms with Crippen molar-refractivity contribution in [2.24, 2.45) is 0 Å². The monoisotopic (exact) mass is 266 g/mol. The van der Waals surface area contributed by atoms with Crippen LogP contribution in [0.1, 0.15) is 17.5 Å². The molecular weight excluding hydrogens is 242 g/mol. The van der Waals surface area contributed by atoms with Crippen LogP contribution in [0.2, 0.25) is 0 Å². The van der Waals surface area contributed by atoms with E-state index in [-0.39, 0.29) is 0 Å². The van der Waals surface area contributed by atoms with Gasteiger partial charge in [0.2, 0.25) is 0 Å². The van der Waals surface area contributed by atoms with E-state index in [2.05, 4.69) is 50.7 Å². The zero-order valence-electron chi connectivity index (χ0n) is 11.8. The van der Waals surface area contributed by atoms with Crippen molar-refractivity contribution < 1.29 is 4.90 Å². The summed E-state index contributed by atoms with van der Waals surface area (Å²) in [6.07, 6.45) is 1.12. The molecule has 18 heavy (non-hydrogen) atoms. The Kier molecular flexibility index (Phi) is 6.09. The van der Waals surface area contributed by atoms with Crippen molar-refractivity contribution in [3.8, 4) is 0 Å². The fourth-order valence-corrected chi connectivity index (χ4v) is 1.91. The molecule has 4 heteroatoms. The Bertz CT molecular complexity index is 402. The van der Waals surface area contributed by atoms with E-state index in [1.54, 1.807) is 0 Å². The third kappa shape index (κ3) is 5.02. The first-order valence-corrected chi connectivity index (χ1v) is 6.81. The van der Waals surface area contributed by atoms with Gasteiger partial charge in [-0.25, -0.2) is 0 Å². The van der Waals surface area contributed by atoms with Crippen molar-refractivity contribution in [1.82, 2.24) is 5.32 Å². The molecule has 0 amide bonds. The predicted octanol–water partition coefficient (Wildman–Crippen LogP) is 1.12. The fourth-order valence-electron chi connectivity index (χ4n) is 1.70. The summed E-state index contributed by atoms with van der Waals surface area (Å²) in [6.45, 7) is 6.29. The van der Waals surface area contributed by atoms with Gasteiger partial charge >= 0.3 is 0 Å². The maximum atomic E-state index is 5.29. The second-order valence-corrected chi connectivity index (χ2v) is 5.35. The second kappa shape index (κ2) is 7.34. The molecule has 100 valence electrons. The molecule has 0 unspecified atom stereocenters. The van der Waals surface area contributed by atoms with Gasteiger partial charge in [0.05, 0.1) is 20.6 Å². The van der Waals surface area contributed by atoms with Gasteiger partial charge in [-0.15, -0.1) is 0 Å². The van der Waals surface area contributed by atoms with Gasteiger partial charge in [-0.1, -0.05) is 12.1 Å². The van der Waals surface area contributed by atoms with Gasteiger partial charge in [0.15, 0.2) is 5.11 Å². The van der Waals surface area contributed by atoms with Crippen molar-refractivity contribution in [2.75, 3.05) is 32.5 Å². The van der Waals surface area contributed by atoms with Crippen LogP contribution in [0.3, 0.4) is 0 Å². The van der Waals surface area contributed by atoms with Crippen molar-refractivity contribution in [3.05, 3.63) is 29.3 Å². The summed E-state index contributed by atoms with van der Waals surface area (Å²) in [5, 5.41) is 7.20. The summed E-state index contributed by atoms with van der Waals surface area (Å²) in [4.78, 5) is 1.46. The van der Waals surface area contributed by atoms with Gasteiger partial charge in [-0.2, -0.15) is 0 Å². The molecule has 0 bridgehead atoms. The van der Waals surface area contributed by atoms with Crippen LogP contribution in [0.15, 0.2) is 18.2 Å². The zero-order valence-corrected chi connectivity index (χ0v) is 12.6. The van der Waals surface area contributed by atoms with Gasteiger partial charge in [0, 0.05) is 18.7 Å². The van der Waals surface area contributed by atoms with Crippen molar-refractivity contribution >= 4 is 23.0 Å². The van der Waals surface area contributed by atoms with Crippen molar-refractivity contribution in [3.63, 3.8) is 0 Å². The lowest BCUT2D eigenvalue weighted by Gasteiger charge is -2.14. The van der Waals surface area contributed by atoms with Gasteiger partial charge in [0.1, 0.15) is 0 Å². The number of benzene rings is 1. The Morgan fingerprint density at radius 3 is 2.67 bits per heavy atom. The first-order valence-electron chi connectivity index (χ1n) is 6.41. The molecule has 1 aromatic carbocycles. The number of hydrogen-bond acceptors (Lipinski definition) is 1. The molecule has 0 atom stereocenters. The largest absolute Gasteiger partial charge is 0.362 e. The van der Waals surface area contributed by atoms with Crippen LogP contribution in [0.5, 0.6) is 0 Å². The van der Waals surface area contributed by atoms with Crippen molar-refractivity contribution in [1.29, 1.82) is 0 Å². The molecule has 0 aliphatic heterocycles. The highest BCUT2D eigenvalue weighted by Crippen LogP contribution is 2.17. The molecule has 3 N–H and O–H groups in total. The first kappa shape index (κ1) is 14.9. The Hall–Kier alpha value is -1.13. The number of quaternary nitrogens is 1. The molecule has 0 radical (unpaired) electrons. The molecule has 3 nitrogen and oxygen atoms in total. The summed E-state index contributed by atoms with van der Waals surface area (Å²) in [5.41, 5.74) is 3.61. The first-order chi connectivity index (χ1) is 8.50. The van der Waals surface area contributed by atoms with E-state index in [4.69, 9.17) is 12.2 Å². The maximum absolute atomic E-state index is 5.29. The quantitative estimate of drug-likeness (QED) is 0.551. The standard InChI is InChI=1S/C14H23N3S/c1-11-7-5-8-13(12(11)2)16-14(18)15-9-6-10-17(3)4/h5,7-8H,6,9-10H2,1-4H3,(H2,15,16,18)/p+1. The number of rotatable bonds is 5. The van der Waals surface area contributed by atoms with Crippen LogP contribution < -0.4 is 15.5 Å². The normalized spacial score (nSPS) is 10.5. The van der Waals surface area contributed by atoms with E-state index in [1.807, 2.05) is 6.07 Å². The van der Waals surface area contributed by atoms with E-state index < -0.39 is 0 Å². The van der Waals surface area contributed by atoms with E-state index in [0.717, 1.165) is 25.2 Å². The van der Waals surface area contributed by atoms with Crippen LogP contribution in [0.4, 0.5) is 5.69 Å². The van der Waals surface area contributed by atoms with E-state index in [1.165, 1.54) is 16.0 Å². The minimum Gasteiger partial charge on any atom is -0.362 e. The lowest BCUT2D eigenvalue weighted by Crippen LogP contribution is -3.05. The molecule has 0 aromatic heterocycles. The zero-order chi connectivity index (χ0) is 13.5. The molecule has 0 aliphatic rings. The average Bonchev–Trinajstić information content (AvgIpc) is 2.30. The molecule has 1 rings (SSSR count). The smallest absolute Gasteiger partial charge is 0.170 e. The number of aryl methyl sites for hydroxylation is 1. The molecule has 0 saturated carbocycles. The average molecular weight is 266 g/mol. The number of hydrogen-bond donors (Lipinski definition) is 3. The predicted molar refractivity (Wildman–Crippen MR) is 82.4 cm³/mol. The van der Waals surface area contributed by atoms with Crippen LogP contribution >= 0.6 is 12.2 Å². The molecule has 0 fully saturated rings. The molecular formula is C14H24N3S+. The topological polar surface area (TPSA) is 28.5 Å². The lowest BCUT2D eigenvalue weighted by molar-refractivity contribution is -0.858. The number of anilines is 1.